The maximum Gasteiger partial charge on any atom is 0.343 e. The van der Waals surface area contributed by atoms with Crippen LogP contribution >= 0.6 is 12.4 Å². The van der Waals surface area contributed by atoms with E-state index >= 15 is 0 Å². The van der Waals surface area contributed by atoms with Crippen LogP contribution in [0.1, 0.15) is 31.7 Å². The summed E-state index contributed by atoms with van der Waals surface area (Å²) < 4.78 is 9.90. The van der Waals surface area contributed by atoms with Gasteiger partial charge in [0.2, 0.25) is 5.91 Å². The minimum Gasteiger partial charge on any atom is -0.482 e. The molecule has 6 nitrogen and oxygen atoms in total. The third kappa shape index (κ3) is 7.62. The highest BCUT2D eigenvalue weighted by molar-refractivity contribution is 5.85. The van der Waals surface area contributed by atoms with Crippen molar-refractivity contribution in [3.63, 3.8) is 0 Å². The number of rotatable bonds is 8. The zero-order valence-electron chi connectivity index (χ0n) is 15.5. The van der Waals surface area contributed by atoms with E-state index in [1.54, 1.807) is 6.07 Å². The Labute approximate surface area is 161 Å². The van der Waals surface area contributed by atoms with E-state index in [2.05, 4.69) is 22.3 Å². The summed E-state index contributed by atoms with van der Waals surface area (Å²) in [6.07, 6.45) is 2.93. The van der Waals surface area contributed by atoms with Crippen molar-refractivity contribution in [2.24, 2.45) is 11.8 Å². The molecule has 0 aromatic heterocycles. The van der Waals surface area contributed by atoms with Crippen LogP contribution in [0, 0.1) is 11.8 Å². The third-order valence-electron chi connectivity index (χ3n) is 4.62. The van der Waals surface area contributed by atoms with Gasteiger partial charge < -0.3 is 20.1 Å². The van der Waals surface area contributed by atoms with E-state index in [1.807, 2.05) is 18.2 Å². The van der Waals surface area contributed by atoms with Crippen LogP contribution in [-0.4, -0.2) is 38.7 Å². The van der Waals surface area contributed by atoms with Gasteiger partial charge in [0.1, 0.15) is 5.75 Å². The number of ether oxygens (including phenoxy) is 2. The lowest BCUT2D eigenvalue weighted by Crippen LogP contribution is -2.35. The molecule has 0 bridgehead atoms. The van der Waals surface area contributed by atoms with Gasteiger partial charge in [-0.2, -0.15) is 0 Å². The first-order chi connectivity index (χ1) is 12.1. The van der Waals surface area contributed by atoms with Crippen molar-refractivity contribution in [3.05, 3.63) is 29.8 Å². The number of nitrogens with one attached hydrogen (secondary N) is 2. The standard InChI is InChI=1S/C19H28N2O4.ClH/c1-14(16-6-4-8-20-12-16)9-18(22)21-11-15-5-3-7-17(10-15)25-13-19(23)24-2;/h3,5,7,10,14,16,20H,4,6,8-9,11-13H2,1-2H3,(H,21,22);1H. The molecule has 0 aliphatic carbocycles. The number of hydrogen-bond acceptors (Lipinski definition) is 5. The number of piperidine rings is 1. The van der Waals surface area contributed by atoms with E-state index in [9.17, 15) is 9.59 Å². The molecule has 26 heavy (non-hydrogen) atoms. The van der Waals surface area contributed by atoms with Gasteiger partial charge in [0.25, 0.3) is 0 Å². The fourth-order valence-electron chi connectivity index (χ4n) is 3.04. The van der Waals surface area contributed by atoms with Crippen LogP contribution in [0.4, 0.5) is 0 Å². The Morgan fingerprint density at radius 3 is 2.88 bits per heavy atom. The van der Waals surface area contributed by atoms with Crippen molar-refractivity contribution in [1.82, 2.24) is 10.6 Å². The molecule has 1 aliphatic rings. The molecular formula is C19H29ClN2O4. The Morgan fingerprint density at radius 2 is 2.19 bits per heavy atom. The number of halogens is 1. The van der Waals surface area contributed by atoms with Gasteiger partial charge in [0, 0.05) is 13.0 Å². The number of amides is 1. The van der Waals surface area contributed by atoms with E-state index < -0.39 is 5.97 Å². The van der Waals surface area contributed by atoms with E-state index in [1.165, 1.54) is 20.0 Å². The Hall–Kier alpha value is -1.79. The third-order valence-corrected chi connectivity index (χ3v) is 4.62. The van der Waals surface area contributed by atoms with Gasteiger partial charge in [-0.05, 0) is 55.5 Å². The van der Waals surface area contributed by atoms with E-state index in [-0.39, 0.29) is 24.9 Å². The molecule has 146 valence electrons. The van der Waals surface area contributed by atoms with Gasteiger partial charge in [0.05, 0.1) is 7.11 Å². The predicted molar refractivity (Wildman–Crippen MR) is 102 cm³/mol. The number of methoxy groups -OCH3 is 1. The summed E-state index contributed by atoms with van der Waals surface area (Å²) in [5.41, 5.74) is 0.933. The SMILES string of the molecule is COC(=O)COc1cccc(CNC(=O)CC(C)C2CCCNC2)c1.Cl. The molecule has 2 N–H and O–H groups in total. The van der Waals surface area contributed by atoms with Crippen LogP contribution in [0.3, 0.4) is 0 Å². The van der Waals surface area contributed by atoms with Gasteiger partial charge in [0.15, 0.2) is 6.61 Å². The molecule has 7 heteroatoms. The highest BCUT2D eigenvalue weighted by atomic mass is 35.5. The molecule has 2 rings (SSSR count). The van der Waals surface area contributed by atoms with Crippen LogP contribution in [-0.2, 0) is 20.9 Å². The Morgan fingerprint density at radius 1 is 1.38 bits per heavy atom. The second-order valence-electron chi connectivity index (χ2n) is 6.58. The summed E-state index contributed by atoms with van der Waals surface area (Å²) in [7, 11) is 1.32. The normalized spacial score (nSPS) is 17.5. The molecular weight excluding hydrogens is 356 g/mol. The lowest BCUT2D eigenvalue weighted by molar-refractivity contribution is -0.142. The maximum absolute atomic E-state index is 12.2. The molecule has 1 amide bonds. The van der Waals surface area contributed by atoms with Crippen LogP contribution in [0.15, 0.2) is 24.3 Å². The second kappa shape index (κ2) is 11.8. The molecule has 0 saturated carbocycles. The predicted octanol–water partition coefficient (Wildman–Crippen LogP) is 2.30. The number of hydrogen-bond donors (Lipinski definition) is 2. The number of carbonyl (C=O) groups is 2. The Kier molecular flexibility index (Phi) is 10.1. The maximum atomic E-state index is 12.2. The molecule has 1 aliphatic heterocycles. The fraction of sp³-hybridized carbons (Fsp3) is 0.579. The van der Waals surface area contributed by atoms with Crippen LogP contribution in [0.2, 0.25) is 0 Å². The molecule has 1 aromatic rings. The van der Waals surface area contributed by atoms with E-state index in [4.69, 9.17) is 4.74 Å². The molecule has 1 fully saturated rings. The Bertz CT molecular complexity index is 576. The summed E-state index contributed by atoms with van der Waals surface area (Å²) in [6, 6.07) is 7.34. The first-order valence-corrected chi connectivity index (χ1v) is 8.84. The van der Waals surface area contributed by atoms with Crippen LogP contribution in [0.5, 0.6) is 5.75 Å². The zero-order valence-corrected chi connectivity index (χ0v) is 16.3. The monoisotopic (exact) mass is 384 g/mol. The van der Waals surface area contributed by atoms with Gasteiger partial charge >= 0.3 is 5.97 Å². The smallest absolute Gasteiger partial charge is 0.343 e. The van der Waals surface area contributed by atoms with Crippen LogP contribution < -0.4 is 15.4 Å². The fourth-order valence-corrected chi connectivity index (χ4v) is 3.04. The van der Waals surface area contributed by atoms with Crippen molar-refractivity contribution < 1.29 is 19.1 Å². The first-order valence-electron chi connectivity index (χ1n) is 8.84. The summed E-state index contributed by atoms with van der Waals surface area (Å²) in [4.78, 5) is 23.3. The summed E-state index contributed by atoms with van der Waals surface area (Å²) in [5.74, 6) is 1.18. The van der Waals surface area contributed by atoms with Gasteiger partial charge in [-0.1, -0.05) is 19.1 Å². The van der Waals surface area contributed by atoms with Crippen molar-refractivity contribution in [2.75, 3.05) is 26.8 Å². The zero-order chi connectivity index (χ0) is 18.1. The number of benzene rings is 1. The molecule has 0 spiro atoms. The minimum atomic E-state index is -0.426. The lowest BCUT2D eigenvalue weighted by Gasteiger charge is -2.28. The number of esters is 1. The Balaban J connectivity index is 0.00000338. The van der Waals surface area contributed by atoms with Crippen molar-refractivity contribution >= 4 is 24.3 Å². The summed E-state index contributed by atoms with van der Waals surface area (Å²) in [6.45, 7) is 4.57. The molecule has 1 heterocycles. The van der Waals surface area contributed by atoms with Gasteiger partial charge in [-0.25, -0.2) is 4.79 Å². The molecule has 2 unspecified atom stereocenters. The molecule has 1 saturated heterocycles. The van der Waals surface area contributed by atoms with E-state index in [0.717, 1.165) is 18.7 Å². The van der Waals surface area contributed by atoms with Crippen LogP contribution in [0.25, 0.3) is 0 Å². The highest BCUT2D eigenvalue weighted by Gasteiger charge is 2.21. The summed E-state index contributed by atoms with van der Waals surface area (Å²) in [5, 5.41) is 6.36. The molecule has 0 radical (unpaired) electrons. The summed E-state index contributed by atoms with van der Waals surface area (Å²) >= 11 is 0. The van der Waals surface area contributed by atoms with E-state index in [0.29, 0.717) is 30.6 Å². The van der Waals surface area contributed by atoms with Gasteiger partial charge in [-0.15, -0.1) is 12.4 Å². The minimum absolute atomic E-state index is 0. The highest BCUT2D eigenvalue weighted by Crippen LogP contribution is 2.22. The van der Waals surface area contributed by atoms with Crippen molar-refractivity contribution in [3.8, 4) is 5.75 Å². The van der Waals surface area contributed by atoms with Gasteiger partial charge in [-0.3, -0.25) is 4.79 Å². The van der Waals surface area contributed by atoms with Crippen molar-refractivity contribution in [1.29, 1.82) is 0 Å². The second-order valence-corrected chi connectivity index (χ2v) is 6.58. The van der Waals surface area contributed by atoms with Crippen molar-refractivity contribution in [2.45, 2.75) is 32.7 Å². The number of carbonyl (C=O) groups excluding carboxylic acids is 2. The molecule has 2 atom stereocenters. The average Bonchev–Trinajstić information content (AvgIpc) is 2.65. The lowest BCUT2D eigenvalue weighted by atomic mass is 9.85. The first kappa shape index (κ1) is 22.3. The topological polar surface area (TPSA) is 76.7 Å². The quantitative estimate of drug-likeness (QED) is 0.672. The average molecular weight is 385 g/mol. The largest absolute Gasteiger partial charge is 0.482 e. The molecule has 1 aromatic carbocycles.